The third-order valence-electron chi connectivity index (χ3n) is 3.76. The molecule has 6 nitrogen and oxygen atoms in total. The summed E-state index contributed by atoms with van der Waals surface area (Å²) < 4.78 is 7.12. The second-order valence-corrected chi connectivity index (χ2v) is 6.34. The Morgan fingerprint density at radius 2 is 2.09 bits per heavy atom. The molecule has 0 spiro atoms. The monoisotopic (exact) mass is 320 g/mol. The molecule has 0 amide bonds. The summed E-state index contributed by atoms with van der Waals surface area (Å²) in [5.74, 6) is 2.58. The fourth-order valence-corrected chi connectivity index (χ4v) is 3.32. The molecule has 0 bridgehead atoms. The van der Waals surface area contributed by atoms with Crippen molar-refractivity contribution >= 4 is 11.8 Å². The number of thioether (sulfide) groups is 1. The van der Waals surface area contributed by atoms with Crippen LogP contribution in [0.25, 0.3) is 5.69 Å². The summed E-state index contributed by atoms with van der Waals surface area (Å²) in [4.78, 5) is 0. The van der Waals surface area contributed by atoms with Gasteiger partial charge < -0.3 is 15.6 Å². The summed E-state index contributed by atoms with van der Waals surface area (Å²) in [7, 11) is 1.64. The lowest BCUT2D eigenvalue weighted by atomic mass is 10.3. The number of methoxy groups -OCH3 is 1. The topological polar surface area (TPSA) is 86.2 Å². The zero-order valence-electron chi connectivity index (χ0n) is 12.5. The molecule has 1 unspecified atom stereocenters. The van der Waals surface area contributed by atoms with Crippen molar-refractivity contribution in [3.8, 4) is 11.4 Å². The van der Waals surface area contributed by atoms with E-state index in [9.17, 15) is 5.11 Å². The Kier molecular flexibility index (Phi) is 4.66. The van der Waals surface area contributed by atoms with Gasteiger partial charge in [0.15, 0.2) is 11.0 Å². The largest absolute Gasteiger partial charge is 0.497 e. The highest BCUT2D eigenvalue weighted by Crippen LogP contribution is 2.35. The molecule has 0 aliphatic heterocycles. The molecule has 1 heterocycles. The number of nitrogens with zero attached hydrogens (tertiary/aromatic N) is 3. The second-order valence-electron chi connectivity index (χ2n) is 5.35. The first kappa shape index (κ1) is 15.3. The van der Waals surface area contributed by atoms with E-state index in [0.717, 1.165) is 29.4 Å². The van der Waals surface area contributed by atoms with E-state index in [0.29, 0.717) is 24.0 Å². The summed E-state index contributed by atoms with van der Waals surface area (Å²) in [6, 6.07) is 7.68. The van der Waals surface area contributed by atoms with Gasteiger partial charge in [-0.15, -0.1) is 10.2 Å². The third-order valence-corrected chi connectivity index (χ3v) is 4.79. The summed E-state index contributed by atoms with van der Waals surface area (Å²) in [6.45, 7) is 0.310. The van der Waals surface area contributed by atoms with Crippen molar-refractivity contribution in [2.45, 2.75) is 30.6 Å². The first-order valence-electron chi connectivity index (χ1n) is 7.32. The average molecular weight is 320 g/mol. The average Bonchev–Trinajstić information content (AvgIpc) is 3.33. The Balaban J connectivity index is 1.82. The Morgan fingerprint density at radius 1 is 1.36 bits per heavy atom. The van der Waals surface area contributed by atoms with E-state index in [1.165, 1.54) is 11.8 Å². The summed E-state index contributed by atoms with van der Waals surface area (Å²) in [6.07, 6.45) is 1.98. The van der Waals surface area contributed by atoms with Gasteiger partial charge >= 0.3 is 0 Å². The molecule has 1 aromatic carbocycles. The molecule has 118 valence electrons. The number of benzene rings is 1. The van der Waals surface area contributed by atoms with Gasteiger partial charge in [0.25, 0.3) is 0 Å². The lowest BCUT2D eigenvalue weighted by Gasteiger charge is -2.12. The molecule has 0 radical (unpaired) electrons. The van der Waals surface area contributed by atoms with Crippen molar-refractivity contribution in [2.75, 3.05) is 12.9 Å². The van der Waals surface area contributed by atoms with Crippen LogP contribution < -0.4 is 10.5 Å². The summed E-state index contributed by atoms with van der Waals surface area (Å²) in [5, 5.41) is 19.1. The van der Waals surface area contributed by atoms with Crippen LogP contribution in [-0.4, -0.2) is 38.8 Å². The molecular formula is C15H20N4O2S. The van der Waals surface area contributed by atoms with Crippen LogP contribution in [0.15, 0.2) is 29.4 Å². The van der Waals surface area contributed by atoms with Crippen LogP contribution in [-0.2, 0) is 6.54 Å². The molecule has 1 atom stereocenters. The van der Waals surface area contributed by atoms with Crippen molar-refractivity contribution in [2.24, 2.45) is 11.7 Å². The lowest BCUT2D eigenvalue weighted by molar-refractivity contribution is 0.176. The number of ether oxygens (including phenoxy) is 1. The van der Waals surface area contributed by atoms with Crippen molar-refractivity contribution in [3.63, 3.8) is 0 Å². The predicted octanol–water partition coefficient (Wildman–Crippen LogP) is 1.60. The van der Waals surface area contributed by atoms with E-state index in [-0.39, 0.29) is 6.10 Å². The van der Waals surface area contributed by atoms with Gasteiger partial charge in [0.2, 0.25) is 0 Å². The highest BCUT2D eigenvalue weighted by Gasteiger charge is 2.30. The van der Waals surface area contributed by atoms with E-state index in [2.05, 4.69) is 10.2 Å². The Labute approximate surface area is 133 Å². The molecular weight excluding hydrogens is 300 g/mol. The standard InChI is InChI=1S/C15H20N4O2S/c1-21-12-6-4-11(5-7-12)19-14(8-16)17-18-15(19)22-9-13(20)10-2-3-10/h4-7,10,13,20H,2-3,8-9,16H2,1H3. The minimum Gasteiger partial charge on any atom is -0.497 e. The second kappa shape index (κ2) is 6.68. The van der Waals surface area contributed by atoms with E-state index in [4.69, 9.17) is 10.5 Å². The molecule has 2 aromatic rings. The molecule has 22 heavy (non-hydrogen) atoms. The molecule has 7 heteroatoms. The maximum Gasteiger partial charge on any atom is 0.195 e. The van der Waals surface area contributed by atoms with Gasteiger partial charge in [-0.25, -0.2) is 0 Å². The van der Waals surface area contributed by atoms with E-state index >= 15 is 0 Å². The van der Waals surface area contributed by atoms with Crippen molar-refractivity contribution in [1.29, 1.82) is 0 Å². The molecule has 0 saturated heterocycles. The highest BCUT2D eigenvalue weighted by atomic mass is 32.2. The van der Waals surface area contributed by atoms with E-state index < -0.39 is 0 Å². The minimum atomic E-state index is -0.271. The lowest BCUT2D eigenvalue weighted by Crippen LogP contribution is -2.13. The number of aliphatic hydroxyl groups excluding tert-OH is 1. The Morgan fingerprint density at radius 3 is 2.68 bits per heavy atom. The molecule has 1 aliphatic rings. The number of aliphatic hydroxyl groups is 1. The van der Waals surface area contributed by atoms with E-state index in [1.54, 1.807) is 7.11 Å². The Bertz CT molecular complexity index is 625. The van der Waals surface area contributed by atoms with Gasteiger partial charge in [-0.1, -0.05) is 11.8 Å². The van der Waals surface area contributed by atoms with Gasteiger partial charge in [0, 0.05) is 11.4 Å². The zero-order valence-corrected chi connectivity index (χ0v) is 13.3. The molecule has 1 aliphatic carbocycles. The maximum atomic E-state index is 10.0. The number of hydrogen-bond acceptors (Lipinski definition) is 6. The van der Waals surface area contributed by atoms with Gasteiger partial charge in [-0.2, -0.15) is 0 Å². The fraction of sp³-hybridized carbons (Fsp3) is 0.467. The number of aromatic nitrogens is 3. The zero-order chi connectivity index (χ0) is 15.5. The van der Waals surface area contributed by atoms with Crippen LogP contribution in [0.1, 0.15) is 18.7 Å². The van der Waals surface area contributed by atoms with Crippen LogP contribution in [0.4, 0.5) is 0 Å². The highest BCUT2D eigenvalue weighted by molar-refractivity contribution is 7.99. The number of nitrogens with two attached hydrogens (primary N) is 1. The van der Waals surface area contributed by atoms with Crippen molar-refractivity contribution in [3.05, 3.63) is 30.1 Å². The molecule has 3 rings (SSSR count). The van der Waals surface area contributed by atoms with Gasteiger partial charge in [0.05, 0.1) is 19.8 Å². The first-order valence-corrected chi connectivity index (χ1v) is 8.31. The molecule has 1 fully saturated rings. The SMILES string of the molecule is COc1ccc(-n2c(CN)nnc2SCC(O)C2CC2)cc1. The van der Waals surface area contributed by atoms with Crippen molar-refractivity contribution in [1.82, 2.24) is 14.8 Å². The molecule has 1 aromatic heterocycles. The van der Waals surface area contributed by atoms with Crippen LogP contribution in [0.2, 0.25) is 0 Å². The summed E-state index contributed by atoms with van der Waals surface area (Å²) in [5.41, 5.74) is 6.70. The Hall–Kier alpha value is -1.57. The maximum absolute atomic E-state index is 10.0. The predicted molar refractivity (Wildman–Crippen MR) is 85.3 cm³/mol. The third kappa shape index (κ3) is 3.26. The van der Waals surface area contributed by atoms with Crippen molar-refractivity contribution < 1.29 is 9.84 Å². The van der Waals surface area contributed by atoms with Crippen LogP contribution in [0.3, 0.4) is 0 Å². The van der Waals surface area contributed by atoms with Crippen LogP contribution in [0.5, 0.6) is 5.75 Å². The fourth-order valence-electron chi connectivity index (χ4n) is 2.29. The normalized spacial score (nSPS) is 15.8. The molecule has 1 saturated carbocycles. The van der Waals surface area contributed by atoms with Crippen LogP contribution >= 0.6 is 11.8 Å². The van der Waals surface area contributed by atoms with Gasteiger partial charge in [-0.3, -0.25) is 4.57 Å². The minimum absolute atomic E-state index is 0.271. The quantitative estimate of drug-likeness (QED) is 0.754. The van der Waals surface area contributed by atoms with E-state index in [1.807, 2.05) is 28.8 Å². The smallest absolute Gasteiger partial charge is 0.195 e. The number of hydrogen-bond donors (Lipinski definition) is 2. The number of rotatable bonds is 7. The molecule has 3 N–H and O–H groups in total. The van der Waals surface area contributed by atoms with Crippen LogP contribution in [0, 0.1) is 5.92 Å². The van der Waals surface area contributed by atoms with Gasteiger partial charge in [0.1, 0.15) is 5.75 Å². The van der Waals surface area contributed by atoms with Gasteiger partial charge in [-0.05, 0) is 43.0 Å². The summed E-state index contributed by atoms with van der Waals surface area (Å²) >= 11 is 1.52. The first-order chi connectivity index (χ1) is 10.7.